The predicted octanol–water partition coefficient (Wildman–Crippen LogP) is 1.83. The second kappa shape index (κ2) is 7.84. The van der Waals surface area contributed by atoms with Crippen LogP contribution in [0.3, 0.4) is 0 Å². The molecule has 1 atom stereocenters. The van der Waals surface area contributed by atoms with E-state index in [1.54, 1.807) is 0 Å². The molecule has 7 heteroatoms. The number of carbonyl (C=O) groups excluding carboxylic acids is 1. The molecule has 0 aromatic heterocycles. The van der Waals surface area contributed by atoms with Gasteiger partial charge in [-0.15, -0.1) is 0 Å². The quantitative estimate of drug-likeness (QED) is 0.806. The maximum absolute atomic E-state index is 13.4. The van der Waals surface area contributed by atoms with Gasteiger partial charge in [0.15, 0.2) is 0 Å². The first-order valence-electron chi connectivity index (χ1n) is 5.89. The SMILES string of the molecule is CSCC[C@H](NC(=O)Cc1c(F)cccc1F)C(=O)O. The number of benzene rings is 1. The van der Waals surface area contributed by atoms with E-state index in [9.17, 15) is 18.4 Å². The molecular weight excluding hydrogens is 288 g/mol. The van der Waals surface area contributed by atoms with Crippen LogP contribution in [0.1, 0.15) is 12.0 Å². The lowest BCUT2D eigenvalue weighted by atomic mass is 10.1. The van der Waals surface area contributed by atoms with Gasteiger partial charge in [0.25, 0.3) is 0 Å². The van der Waals surface area contributed by atoms with Crippen molar-refractivity contribution in [1.29, 1.82) is 0 Å². The fraction of sp³-hybridized carbons (Fsp3) is 0.385. The molecule has 4 nitrogen and oxygen atoms in total. The molecule has 2 N–H and O–H groups in total. The van der Waals surface area contributed by atoms with Crippen molar-refractivity contribution in [1.82, 2.24) is 5.32 Å². The first-order chi connectivity index (χ1) is 9.45. The highest BCUT2D eigenvalue weighted by molar-refractivity contribution is 7.98. The Hall–Kier alpha value is -1.63. The number of rotatable bonds is 7. The summed E-state index contributed by atoms with van der Waals surface area (Å²) in [5.41, 5.74) is -0.362. The minimum Gasteiger partial charge on any atom is -0.480 e. The van der Waals surface area contributed by atoms with Gasteiger partial charge in [-0.1, -0.05) is 6.07 Å². The van der Waals surface area contributed by atoms with Crippen LogP contribution in [0.25, 0.3) is 0 Å². The zero-order valence-electron chi connectivity index (χ0n) is 10.9. The van der Waals surface area contributed by atoms with Gasteiger partial charge in [0, 0.05) is 5.56 Å². The van der Waals surface area contributed by atoms with Crippen molar-refractivity contribution in [2.24, 2.45) is 0 Å². The largest absolute Gasteiger partial charge is 0.480 e. The summed E-state index contributed by atoms with van der Waals surface area (Å²) in [5, 5.41) is 11.2. The van der Waals surface area contributed by atoms with Gasteiger partial charge < -0.3 is 10.4 Å². The van der Waals surface area contributed by atoms with Crippen molar-refractivity contribution in [2.45, 2.75) is 18.9 Å². The highest BCUT2D eigenvalue weighted by Crippen LogP contribution is 2.12. The van der Waals surface area contributed by atoms with Crippen LogP contribution in [0, 0.1) is 11.6 Å². The normalized spacial score (nSPS) is 11.9. The lowest BCUT2D eigenvalue weighted by molar-refractivity contribution is -0.141. The van der Waals surface area contributed by atoms with Crippen LogP contribution in [0.5, 0.6) is 0 Å². The third kappa shape index (κ3) is 4.80. The summed E-state index contributed by atoms with van der Waals surface area (Å²) in [6.07, 6.45) is 1.54. The summed E-state index contributed by atoms with van der Waals surface area (Å²) < 4.78 is 26.7. The zero-order chi connectivity index (χ0) is 15.1. The summed E-state index contributed by atoms with van der Waals surface area (Å²) in [5.74, 6) is -2.97. The molecule has 1 aromatic rings. The van der Waals surface area contributed by atoms with Crippen LogP contribution >= 0.6 is 11.8 Å². The fourth-order valence-corrected chi connectivity index (χ4v) is 2.07. The van der Waals surface area contributed by atoms with Crippen molar-refractivity contribution >= 4 is 23.6 Å². The number of carbonyl (C=O) groups is 2. The Kier molecular flexibility index (Phi) is 6.44. The molecule has 0 aliphatic carbocycles. The van der Waals surface area contributed by atoms with E-state index in [1.807, 2.05) is 6.26 Å². The Balaban J connectivity index is 2.68. The molecule has 0 bridgehead atoms. The number of carboxylic acid groups (broad SMARTS) is 1. The van der Waals surface area contributed by atoms with E-state index in [0.29, 0.717) is 5.75 Å². The van der Waals surface area contributed by atoms with Crippen molar-refractivity contribution < 1.29 is 23.5 Å². The Morgan fingerprint density at radius 2 is 1.95 bits per heavy atom. The van der Waals surface area contributed by atoms with Crippen molar-refractivity contribution in [3.8, 4) is 0 Å². The summed E-state index contributed by atoms with van der Waals surface area (Å²) in [7, 11) is 0. The molecule has 0 aliphatic rings. The summed E-state index contributed by atoms with van der Waals surface area (Å²) >= 11 is 1.45. The van der Waals surface area contributed by atoms with E-state index in [2.05, 4.69) is 5.32 Å². The molecule has 1 rings (SSSR count). The zero-order valence-corrected chi connectivity index (χ0v) is 11.7. The lowest BCUT2D eigenvalue weighted by Crippen LogP contribution is -2.42. The van der Waals surface area contributed by atoms with Crippen LogP contribution in [-0.2, 0) is 16.0 Å². The smallest absolute Gasteiger partial charge is 0.326 e. The monoisotopic (exact) mass is 303 g/mol. The van der Waals surface area contributed by atoms with Crippen molar-refractivity contribution in [3.63, 3.8) is 0 Å². The number of thioether (sulfide) groups is 1. The van der Waals surface area contributed by atoms with E-state index < -0.39 is 36.0 Å². The number of aliphatic carboxylic acids is 1. The third-order valence-corrected chi connectivity index (χ3v) is 3.29. The second-order valence-electron chi connectivity index (χ2n) is 4.12. The Morgan fingerprint density at radius 1 is 1.35 bits per heavy atom. The van der Waals surface area contributed by atoms with Gasteiger partial charge in [-0.25, -0.2) is 13.6 Å². The van der Waals surface area contributed by atoms with E-state index in [-0.39, 0.29) is 12.0 Å². The molecule has 0 unspecified atom stereocenters. The molecule has 0 fully saturated rings. The summed E-state index contributed by atoms with van der Waals surface area (Å²) in [6, 6.07) is 2.25. The Bertz CT molecular complexity index is 476. The van der Waals surface area contributed by atoms with Crippen LogP contribution < -0.4 is 5.32 Å². The first-order valence-corrected chi connectivity index (χ1v) is 7.29. The topological polar surface area (TPSA) is 66.4 Å². The van der Waals surface area contributed by atoms with Gasteiger partial charge in [0.2, 0.25) is 5.91 Å². The van der Waals surface area contributed by atoms with Gasteiger partial charge in [0.1, 0.15) is 17.7 Å². The molecular formula is C13H15F2NO3S. The van der Waals surface area contributed by atoms with Gasteiger partial charge >= 0.3 is 5.97 Å². The van der Waals surface area contributed by atoms with E-state index >= 15 is 0 Å². The molecule has 1 aromatic carbocycles. The van der Waals surface area contributed by atoms with Crippen molar-refractivity contribution in [2.75, 3.05) is 12.0 Å². The molecule has 0 aliphatic heterocycles. The highest BCUT2D eigenvalue weighted by Gasteiger charge is 2.21. The highest BCUT2D eigenvalue weighted by atomic mass is 32.2. The number of halogens is 2. The molecule has 20 heavy (non-hydrogen) atoms. The summed E-state index contributed by atoms with van der Waals surface area (Å²) in [6.45, 7) is 0. The first kappa shape index (κ1) is 16.4. The number of amides is 1. The van der Waals surface area contributed by atoms with Gasteiger partial charge in [-0.2, -0.15) is 11.8 Å². The Morgan fingerprint density at radius 3 is 2.45 bits per heavy atom. The van der Waals surface area contributed by atoms with Crippen LogP contribution in [0.2, 0.25) is 0 Å². The van der Waals surface area contributed by atoms with E-state index in [0.717, 1.165) is 12.1 Å². The van der Waals surface area contributed by atoms with E-state index in [4.69, 9.17) is 5.11 Å². The molecule has 0 saturated heterocycles. The molecule has 1 amide bonds. The maximum Gasteiger partial charge on any atom is 0.326 e. The molecule has 0 saturated carbocycles. The average molecular weight is 303 g/mol. The van der Waals surface area contributed by atoms with Crippen molar-refractivity contribution in [3.05, 3.63) is 35.4 Å². The van der Waals surface area contributed by atoms with Crippen LogP contribution in [0.15, 0.2) is 18.2 Å². The minimum absolute atomic E-state index is 0.252. The van der Waals surface area contributed by atoms with E-state index in [1.165, 1.54) is 17.8 Å². The number of hydrogen-bond donors (Lipinski definition) is 2. The third-order valence-electron chi connectivity index (χ3n) is 2.64. The molecule has 0 spiro atoms. The van der Waals surface area contributed by atoms with Crippen LogP contribution in [-0.4, -0.2) is 35.0 Å². The summed E-state index contributed by atoms with van der Waals surface area (Å²) in [4.78, 5) is 22.6. The van der Waals surface area contributed by atoms with Crippen LogP contribution in [0.4, 0.5) is 8.78 Å². The molecule has 110 valence electrons. The number of nitrogens with one attached hydrogen (secondary N) is 1. The number of carboxylic acids is 1. The predicted molar refractivity (Wildman–Crippen MR) is 72.6 cm³/mol. The molecule has 0 radical (unpaired) electrons. The lowest BCUT2D eigenvalue weighted by Gasteiger charge is -2.14. The standard InChI is InChI=1S/C13H15F2NO3S/c1-20-6-5-11(13(18)19)16-12(17)7-8-9(14)3-2-4-10(8)15/h2-4,11H,5-7H2,1H3,(H,16,17)(H,18,19)/t11-/m0/s1. The Labute approximate surface area is 119 Å². The van der Waals surface area contributed by atoms with Gasteiger partial charge in [-0.05, 0) is 30.6 Å². The molecule has 0 heterocycles. The van der Waals surface area contributed by atoms with Gasteiger partial charge in [-0.3, -0.25) is 4.79 Å². The maximum atomic E-state index is 13.4. The fourth-order valence-electron chi connectivity index (χ4n) is 1.60. The van der Waals surface area contributed by atoms with Gasteiger partial charge in [0.05, 0.1) is 6.42 Å². The average Bonchev–Trinajstić information content (AvgIpc) is 2.38. The second-order valence-corrected chi connectivity index (χ2v) is 5.10. The number of hydrogen-bond acceptors (Lipinski definition) is 3. The minimum atomic E-state index is -1.17.